The number of phenolic OH excluding ortho intramolecular Hbond substituents is 1. The number of aromatic hydroxyl groups is 1. The topological polar surface area (TPSA) is 69.6 Å². The maximum atomic E-state index is 12.9. The highest BCUT2D eigenvalue weighted by Gasteiger charge is 2.19. The lowest BCUT2D eigenvalue weighted by Crippen LogP contribution is -2.29. The molecule has 0 aromatic heterocycles. The van der Waals surface area contributed by atoms with Gasteiger partial charge < -0.3 is 15.3 Å². The van der Waals surface area contributed by atoms with Gasteiger partial charge in [-0.25, -0.2) is 0 Å². The summed E-state index contributed by atoms with van der Waals surface area (Å²) in [6, 6.07) is 16.5. The van der Waals surface area contributed by atoms with E-state index in [1.807, 2.05) is 49.4 Å². The van der Waals surface area contributed by atoms with Crippen molar-refractivity contribution in [3.8, 4) is 5.75 Å². The minimum absolute atomic E-state index is 0.0220. The first kappa shape index (κ1) is 30.2. The SMILES string of the molecule is CCCCCCCCCCCCCCN(C(C)=O)c1cccc2c(O)c(C(=O)Nc3ccc(C)cc3)ccc12. The Labute approximate surface area is 234 Å². The number of hydrogen-bond acceptors (Lipinski definition) is 3. The summed E-state index contributed by atoms with van der Waals surface area (Å²) in [6.45, 7) is 6.47. The fourth-order valence-corrected chi connectivity index (χ4v) is 5.14. The van der Waals surface area contributed by atoms with Crippen molar-refractivity contribution in [1.82, 2.24) is 0 Å². The van der Waals surface area contributed by atoms with Crippen LogP contribution >= 0.6 is 0 Å². The van der Waals surface area contributed by atoms with Gasteiger partial charge in [0.15, 0.2) is 0 Å². The zero-order valence-electron chi connectivity index (χ0n) is 24.1. The van der Waals surface area contributed by atoms with E-state index in [-0.39, 0.29) is 23.1 Å². The highest BCUT2D eigenvalue weighted by atomic mass is 16.3. The Hall–Kier alpha value is -3.34. The van der Waals surface area contributed by atoms with Crippen molar-refractivity contribution in [1.29, 1.82) is 0 Å². The quantitative estimate of drug-likeness (QED) is 0.181. The lowest BCUT2D eigenvalue weighted by Gasteiger charge is -2.23. The summed E-state index contributed by atoms with van der Waals surface area (Å²) in [5, 5.41) is 15.2. The monoisotopic (exact) mass is 530 g/mol. The molecule has 0 bridgehead atoms. The van der Waals surface area contributed by atoms with Crippen LogP contribution in [0.2, 0.25) is 0 Å². The summed E-state index contributed by atoms with van der Waals surface area (Å²) < 4.78 is 0. The van der Waals surface area contributed by atoms with E-state index in [0.717, 1.165) is 29.5 Å². The highest BCUT2D eigenvalue weighted by Crippen LogP contribution is 2.35. The van der Waals surface area contributed by atoms with Gasteiger partial charge in [-0.15, -0.1) is 0 Å². The number of carbonyl (C=O) groups excluding carboxylic acids is 2. The Morgan fingerprint density at radius 3 is 1.92 bits per heavy atom. The van der Waals surface area contributed by atoms with Crippen LogP contribution in [0.15, 0.2) is 54.6 Å². The van der Waals surface area contributed by atoms with Crippen molar-refractivity contribution in [3.05, 3.63) is 65.7 Å². The fraction of sp³-hybridized carbons (Fsp3) is 0.471. The average Bonchev–Trinajstić information content (AvgIpc) is 2.92. The molecule has 39 heavy (non-hydrogen) atoms. The summed E-state index contributed by atoms with van der Waals surface area (Å²) >= 11 is 0. The van der Waals surface area contributed by atoms with Crippen LogP contribution in [0.25, 0.3) is 10.8 Å². The van der Waals surface area contributed by atoms with Crippen LogP contribution in [0.1, 0.15) is 107 Å². The molecule has 5 heteroatoms. The number of nitrogens with zero attached hydrogens (tertiary/aromatic N) is 1. The zero-order valence-corrected chi connectivity index (χ0v) is 24.1. The van der Waals surface area contributed by atoms with Gasteiger partial charge in [-0.2, -0.15) is 0 Å². The fourth-order valence-electron chi connectivity index (χ4n) is 5.14. The number of benzene rings is 3. The van der Waals surface area contributed by atoms with E-state index in [0.29, 0.717) is 17.6 Å². The minimum Gasteiger partial charge on any atom is -0.506 e. The van der Waals surface area contributed by atoms with Crippen LogP contribution in [-0.2, 0) is 4.79 Å². The second kappa shape index (κ2) is 15.9. The number of anilines is 2. The van der Waals surface area contributed by atoms with Crippen molar-refractivity contribution < 1.29 is 14.7 Å². The van der Waals surface area contributed by atoms with Crippen molar-refractivity contribution in [3.63, 3.8) is 0 Å². The smallest absolute Gasteiger partial charge is 0.259 e. The number of nitrogens with one attached hydrogen (secondary N) is 1. The predicted octanol–water partition coefficient (Wildman–Crippen LogP) is 9.16. The molecule has 3 aromatic carbocycles. The number of fused-ring (bicyclic) bond motifs is 1. The Morgan fingerprint density at radius 1 is 0.744 bits per heavy atom. The van der Waals surface area contributed by atoms with Crippen LogP contribution < -0.4 is 10.2 Å². The van der Waals surface area contributed by atoms with E-state index in [1.54, 1.807) is 24.0 Å². The van der Waals surface area contributed by atoms with Crippen LogP contribution in [0.5, 0.6) is 5.75 Å². The van der Waals surface area contributed by atoms with Crippen LogP contribution in [0, 0.1) is 6.92 Å². The van der Waals surface area contributed by atoms with Crippen LogP contribution in [0.3, 0.4) is 0 Å². The Kier molecular flexibility index (Phi) is 12.3. The summed E-state index contributed by atoms with van der Waals surface area (Å²) in [4.78, 5) is 27.3. The highest BCUT2D eigenvalue weighted by molar-refractivity contribution is 6.12. The first-order valence-electron chi connectivity index (χ1n) is 14.8. The molecule has 0 aliphatic rings. The number of hydrogen-bond donors (Lipinski definition) is 2. The summed E-state index contributed by atoms with van der Waals surface area (Å²) in [5.74, 6) is -0.470. The molecule has 0 aliphatic heterocycles. The number of unbranched alkanes of at least 4 members (excludes halogenated alkanes) is 11. The largest absolute Gasteiger partial charge is 0.506 e. The first-order valence-corrected chi connectivity index (χ1v) is 14.8. The molecule has 0 aliphatic carbocycles. The lowest BCUT2D eigenvalue weighted by atomic mass is 10.0. The van der Waals surface area contributed by atoms with Gasteiger partial charge in [0.25, 0.3) is 5.91 Å². The molecule has 2 amide bonds. The maximum absolute atomic E-state index is 12.9. The molecule has 0 saturated heterocycles. The van der Waals surface area contributed by atoms with Crippen molar-refractivity contribution >= 4 is 34.0 Å². The summed E-state index contributed by atoms with van der Waals surface area (Å²) in [7, 11) is 0. The van der Waals surface area contributed by atoms with E-state index in [9.17, 15) is 14.7 Å². The van der Waals surface area contributed by atoms with Gasteiger partial charge in [0.2, 0.25) is 5.91 Å². The van der Waals surface area contributed by atoms with E-state index in [2.05, 4.69) is 12.2 Å². The third kappa shape index (κ3) is 9.12. The number of phenols is 1. The molecule has 0 spiro atoms. The molecule has 5 nitrogen and oxygen atoms in total. The summed E-state index contributed by atoms with van der Waals surface area (Å²) in [6.07, 6.45) is 15.3. The summed E-state index contributed by atoms with van der Waals surface area (Å²) in [5.41, 5.74) is 2.75. The third-order valence-corrected chi connectivity index (χ3v) is 7.47. The van der Waals surface area contributed by atoms with E-state index >= 15 is 0 Å². The molecular weight excluding hydrogens is 484 g/mol. The van der Waals surface area contributed by atoms with Crippen molar-refractivity contribution in [2.45, 2.75) is 97.8 Å². The van der Waals surface area contributed by atoms with Gasteiger partial charge in [0.05, 0.1) is 11.3 Å². The molecule has 0 unspecified atom stereocenters. The second-order valence-electron chi connectivity index (χ2n) is 10.7. The molecule has 3 rings (SSSR count). The van der Waals surface area contributed by atoms with Gasteiger partial charge in [-0.3, -0.25) is 9.59 Å². The van der Waals surface area contributed by atoms with Crippen molar-refractivity contribution in [2.75, 3.05) is 16.8 Å². The number of amides is 2. The van der Waals surface area contributed by atoms with Crippen LogP contribution in [0.4, 0.5) is 11.4 Å². The predicted molar refractivity (Wildman–Crippen MR) is 164 cm³/mol. The molecular formula is C34H46N2O3. The number of aryl methyl sites for hydroxylation is 1. The zero-order chi connectivity index (χ0) is 28.0. The molecule has 0 radical (unpaired) electrons. The Morgan fingerprint density at radius 2 is 1.33 bits per heavy atom. The molecule has 0 saturated carbocycles. The van der Waals surface area contributed by atoms with Gasteiger partial charge in [-0.1, -0.05) is 113 Å². The number of rotatable bonds is 16. The van der Waals surface area contributed by atoms with Gasteiger partial charge in [0, 0.05) is 29.9 Å². The average molecular weight is 531 g/mol. The second-order valence-corrected chi connectivity index (χ2v) is 10.7. The Bertz CT molecular complexity index is 1200. The van der Waals surface area contributed by atoms with E-state index < -0.39 is 0 Å². The Balaban J connectivity index is 1.56. The number of carbonyl (C=O) groups is 2. The normalized spacial score (nSPS) is 11.1. The molecule has 0 atom stereocenters. The van der Waals surface area contributed by atoms with Gasteiger partial charge in [-0.05, 0) is 37.6 Å². The van der Waals surface area contributed by atoms with E-state index in [4.69, 9.17) is 0 Å². The standard InChI is InChI=1S/C34H46N2O3/c1-4-5-6-7-8-9-10-11-12-13-14-15-25-36(27(3)37)32-18-16-17-30-29(32)23-24-31(33(30)38)34(39)35-28-21-19-26(2)20-22-28/h16-24,38H,4-15,25H2,1-3H3,(H,35,39). The molecule has 210 valence electrons. The molecule has 2 N–H and O–H groups in total. The minimum atomic E-state index is -0.372. The lowest BCUT2D eigenvalue weighted by molar-refractivity contribution is -0.116. The maximum Gasteiger partial charge on any atom is 0.259 e. The van der Waals surface area contributed by atoms with Gasteiger partial charge in [0.1, 0.15) is 5.75 Å². The molecule has 3 aromatic rings. The molecule has 0 fully saturated rings. The van der Waals surface area contributed by atoms with E-state index in [1.165, 1.54) is 64.2 Å². The van der Waals surface area contributed by atoms with Crippen LogP contribution in [-0.4, -0.2) is 23.5 Å². The van der Waals surface area contributed by atoms with Crippen molar-refractivity contribution in [2.24, 2.45) is 0 Å². The van der Waals surface area contributed by atoms with Gasteiger partial charge >= 0.3 is 0 Å². The first-order chi connectivity index (χ1) is 18.9. The third-order valence-electron chi connectivity index (χ3n) is 7.47. The molecule has 0 heterocycles.